The highest BCUT2D eigenvalue weighted by Gasteiger charge is 2.19. The molecule has 0 saturated heterocycles. The molecule has 0 spiro atoms. The Labute approximate surface area is 109 Å². The maximum atomic E-state index is 6.06. The molecule has 1 N–H and O–H groups in total. The van der Waals surface area contributed by atoms with Gasteiger partial charge in [-0.05, 0) is 50.1 Å². The molecular weight excluding hydrogens is 232 g/mol. The van der Waals surface area contributed by atoms with Crippen LogP contribution in [0.4, 0.5) is 0 Å². The highest BCUT2D eigenvalue weighted by atomic mass is 35.5. The average Bonchev–Trinajstić information content (AvgIpc) is 2.99. The molecule has 0 unspecified atom stereocenters. The molecule has 0 aliphatic heterocycles. The minimum Gasteiger partial charge on any atom is -0.313 e. The second-order valence-corrected chi connectivity index (χ2v) is 5.54. The Morgan fingerprint density at radius 1 is 1.35 bits per heavy atom. The zero-order valence-corrected chi connectivity index (χ0v) is 11.4. The molecular formula is C14H21ClN2. The van der Waals surface area contributed by atoms with Gasteiger partial charge in [0, 0.05) is 30.7 Å². The molecule has 2 rings (SSSR count). The smallest absolute Gasteiger partial charge is 0.0411 e. The van der Waals surface area contributed by atoms with Gasteiger partial charge in [-0.3, -0.25) is 0 Å². The summed E-state index contributed by atoms with van der Waals surface area (Å²) >= 11 is 6.06. The first-order valence-electron chi connectivity index (χ1n) is 6.31. The number of hydrogen-bond donors (Lipinski definition) is 1. The third-order valence-corrected chi connectivity index (χ3v) is 3.28. The Hall–Kier alpha value is -0.570. The topological polar surface area (TPSA) is 15.3 Å². The van der Waals surface area contributed by atoms with Crippen molar-refractivity contribution in [1.29, 1.82) is 0 Å². The van der Waals surface area contributed by atoms with Crippen LogP contribution in [0.3, 0.4) is 0 Å². The van der Waals surface area contributed by atoms with Crippen LogP contribution in [0.5, 0.6) is 0 Å². The molecule has 1 aromatic carbocycles. The van der Waals surface area contributed by atoms with Gasteiger partial charge in [-0.15, -0.1) is 0 Å². The van der Waals surface area contributed by atoms with Gasteiger partial charge >= 0.3 is 0 Å². The summed E-state index contributed by atoms with van der Waals surface area (Å²) in [6.07, 6.45) is 2.72. The standard InChI is InChI=1S/C14H21ClN2/c1-11-7-12(9-13(15)8-11)10-17(2)6-5-16-14-3-4-14/h7-9,14,16H,3-6,10H2,1-2H3. The lowest BCUT2D eigenvalue weighted by molar-refractivity contribution is 0.324. The number of halogens is 1. The summed E-state index contributed by atoms with van der Waals surface area (Å²) in [4.78, 5) is 2.33. The summed E-state index contributed by atoms with van der Waals surface area (Å²) < 4.78 is 0. The minimum absolute atomic E-state index is 0.803. The zero-order chi connectivity index (χ0) is 12.3. The van der Waals surface area contributed by atoms with Crippen molar-refractivity contribution in [3.8, 4) is 0 Å². The van der Waals surface area contributed by atoms with E-state index in [0.29, 0.717) is 0 Å². The molecule has 1 fully saturated rings. The lowest BCUT2D eigenvalue weighted by Gasteiger charge is -2.17. The van der Waals surface area contributed by atoms with E-state index in [1.807, 2.05) is 6.07 Å². The van der Waals surface area contributed by atoms with Crippen LogP contribution in [0.1, 0.15) is 24.0 Å². The van der Waals surface area contributed by atoms with Crippen molar-refractivity contribution in [2.24, 2.45) is 0 Å². The van der Waals surface area contributed by atoms with E-state index in [4.69, 9.17) is 11.6 Å². The first kappa shape index (κ1) is 12.9. The number of hydrogen-bond acceptors (Lipinski definition) is 2. The summed E-state index contributed by atoms with van der Waals surface area (Å²) in [5.74, 6) is 0. The van der Waals surface area contributed by atoms with Gasteiger partial charge in [-0.25, -0.2) is 0 Å². The Morgan fingerprint density at radius 2 is 2.12 bits per heavy atom. The second-order valence-electron chi connectivity index (χ2n) is 5.10. The van der Waals surface area contributed by atoms with E-state index >= 15 is 0 Å². The molecule has 17 heavy (non-hydrogen) atoms. The molecule has 3 heteroatoms. The van der Waals surface area contributed by atoms with Crippen LogP contribution in [0.2, 0.25) is 5.02 Å². The van der Waals surface area contributed by atoms with Gasteiger partial charge in [-0.1, -0.05) is 17.7 Å². The normalized spacial score (nSPS) is 15.5. The number of likely N-dealkylation sites (N-methyl/N-ethyl adjacent to an activating group) is 1. The van der Waals surface area contributed by atoms with Crippen molar-refractivity contribution in [1.82, 2.24) is 10.2 Å². The number of nitrogens with one attached hydrogen (secondary N) is 1. The largest absolute Gasteiger partial charge is 0.313 e. The third-order valence-electron chi connectivity index (χ3n) is 3.06. The van der Waals surface area contributed by atoms with Crippen molar-refractivity contribution in [3.63, 3.8) is 0 Å². The van der Waals surface area contributed by atoms with E-state index in [1.165, 1.54) is 24.0 Å². The maximum absolute atomic E-state index is 6.06. The third kappa shape index (κ3) is 4.66. The van der Waals surface area contributed by atoms with Gasteiger partial charge < -0.3 is 10.2 Å². The van der Waals surface area contributed by atoms with Crippen molar-refractivity contribution in [2.75, 3.05) is 20.1 Å². The van der Waals surface area contributed by atoms with Crippen LogP contribution < -0.4 is 5.32 Å². The molecule has 0 heterocycles. The predicted octanol–water partition coefficient (Wildman–Crippen LogP) is 2.83. The molecule has 0 atom stereocenters. The van der Waals surface area contributed by atoms with Crippen molar-refractivity contribution < 1.29 is 0 Å². The molecule has 0 radical (unpaired) electrons. The minimum atomic E-state index is 0.803. The van der Waals surface area contributed by atoms with Gasteiger partial charge in [0.25, 0.3) is 0 Å². The summed E-state index contributed by atoms with van der Waals surface area (Å²) in [5.41, 5.74) is 2.53. The van der Waals surface area contributed by atoms with Gasteiger partial charge in [0.15, 0.2) is 0 Å². The van der Waals surface area contributed by atoms with Crippen molar-refractivity contribution >= 4 is 11.6 Å². The fourth-order valence-corrected chi connectivity index (χ4v) is 2.35. The van der Waals surface area contributed by atoms with Crippen LogP contribution in [0.15, 0.2) is 18.2 Å². The Balaban J connectivity index is 1.77. The van der Waals surface area contributed by atoms with Crippen LogP contribution in [0.25, 0.3) is 0 Å². The highest BCUT2D eigenvalue weighted by molar-refractivity contribution is 6.30. The summed E-state index contributed by atoms with van der Waals surface area (Å²) in [7, 11) is 2.16. The summed E-state index contributed by atoms with van der Waals surface area (Å²) in [6, 6.07) is 7.06. The van der Waals surface area contributed by atoms with Gasteiger partial charge in [-0.2, -0.15) is 0 Å². The van der Waals surface area contributed by atoms with E-state index in [2.05, 4.69) is 36.3 Å². The number of nitrogens with zero attached hydrogens (tertiary/aromatic N) is 1. The van der Waals surface area contributed by atoms with Crippen molar-refractivity contribution in [3.05, 3.63) is 34.3 Å². The fourth-order valence-electron chi connectivity index (χ4n) is 2.04. The molecule has 0 aromatic heterocycles. The monoisotopic (exact) mass is 252 g/mol. The first-order valence-corrected chi connectivity index (χ1v) is 6.69. The average molecular weight is 253 g/mol. The lowest BCUT2D eigenvalue weighted by Crippen LogP contribution is -2.30. The van der Waals surface area contributed by atoms with Crippen LogP contribution in [0, 0.1) is 6.92 Å². The maximum Gasteiger partial charge on any atom is 0.0411 e. The van der Waals surface area contributed by atoms with Crippen LogP contribution in [-0.2, 0) is 6.54 Å². The van der Waals surface area contributed by atoms with Gasteiger partial charge in [0.1, 0.15) is 0 Å². The lowest BCUT2D eigenvalue weighted by atomic mass is 10.1. The SMILES string of the molecule is Cc1cc(Cl)cc(CN(C)CCNC2CC2)c1. The summed E-state index contributed by atoms with van der Waals surface area (Å²) in [5, 5.41) is 4.37. The van der Waals surface area contributed by atoms with Gasteiger partial charge in [0.05, 0.1) is 0 Å². The Morgan fingerprint density at radius 3 is 2.76 bits per heavy atom. The Kier molecular flexibility index (Phi) is 4.43. The van der Waals surface area contributed by atoms with Crippen LogP contribution >= 0.6 is 11.6 Å². The summed E-state index contributed by atoms with van der Waals surface area (Å²) in [6.45, 7) is 5.22. The number of benzene rings is 1. The molecule has 0 amide bonds. The van der Waals surface area contributed by atoms with E-state index in [1.54, 1.807) is 0 Å². The second kappa shape index (κ2) is 5.85. The highest BCUT2D eigenvalue weighted by Crippen LogP contribution is 2.18. The number of rotatable bonds is 6. The molecule has 1 aliphatic rings. The molecule has 0 bridgehead atoms. The molecule has 1 aliphatic carbocycles. The predicted molar refractivity (Wildman–Crippen MR) is 73.5 cm³/mol. The van der Waals surface area contributed by atoms with Gasteiger partial charge in [0.2, 0.25) is 0 Å². The quantitative estimate of drug-likeness (QED) is 0.838. The number of aryl methyl sites for hydroxylation is 1. The van der Waals surface area contributed by atoms with E-state index in [-0.39, 0.29) is 0 Å². The molecule has 94 valence electrons. The molecule has 2 nitrogen and oxygen atoms in total. The zero-order valence-electron chi connectivity index (χ0n) is 10.7. The fraction of sp³-hybridized carbons (Fsp3) is 0.571. The van der Waals surface area contributed by atoms with Crippen LogP contribution in [-0.4, -0.2) is 31.1 Å². The van der Waals surface area contributed by atoms with E-state index in [9.17, 15) is 0 Å². The van der Waals surface area contributed by atoms with E-state index in [0.717, 1.165) is 30.7 Å². The van der Waals surface area contributed by atoms with E-state index < -0.39 is 0 Å². The van der Waals surface area contributed by atoms with Crippen molar-refractivity contribution in [2.45, 2.75) is 32.4 Å². The first-order chi connectivity index (χ1) is 8.13. The molecule has 1 saturated carbocycles. The Bertz CT molecular complexity index is 354. The molecule has 1 aromatic rings.